The van der Waals surface area contributed by atoms with E-state index in [1.165, 1.54) is 16.6 Å². The largest absolute Gasteiger partial charge is 0.263 e. The lowest BCUT2D eigenvalue weighted by Gasteiger charge is -2.20. The monoisotopic (exact) mass is 258 g/mol. The molecule has 1 aromatic heterocycles. The number of hydrogen-bond acceptors (Lipinski definition) is 3. The van der Waals surface area contributed by atoms with Crippen molar-refractivity contribution >= 4 is 10.0 Å². The van der Waals surface area contributed by atoms with Crippen molar-refractivity contribution in [3.05, 3.63) is 24.1 Å². The summed E-state index contributed by atoms with van der Waals surface area (Å²) in [6, 6.07) is 2.39. The minimum atomic E-state index is -3.80. The van der Waals surface area contributed by atoms with E-state index in [-0.39, 0.29) is 6.04 Å². The van der Waals surface area contributed by atoms with Crippen molar-refractivity contribution in [2.75, 3.05) is 6.54 Å². The van der Waals surface area contributed by atoms with Gasteiger partial charge in [0.15, 0.2) is 5.82 Å². The van der Waals surface area contributed by atoms with Gasteiger partial charge in [-0.2, -0.15) is 4.31 Å². The molecule has 6 heteroatoms. The zero-order valence-electron chi connectivity index (χ0n) is 9.80. The molecule has 2 heterocycles. The molecule has 17 heavy (non-hydrogen) atoms. The predicted octanol–water partition coefficient (Wildman–Crippen LogP) is 1.64. The Bertz CT molecular complexity index is 518. The van der Waals surface area contributed by atoms with E-state index >= 15 is 0 Å². The van der Waals surface area contributed by atoms with E-state index in [0.29, 0.717) is 12.5 Å². The van der Waals surface area contributed by atoms with Crippen LogP contribution in [-0.4, -0.2) is 30.3 Å². The maximum absolute atomic E-state index is 13.5. The highest BCUT2D eigenvalue weighted by molar-refractivity contribution is 7.89. The van der Waals surface area contributed by atoms with Crippen molar-refractivity contribution in [2.24, 2.45) is 5.92 Å². The molecule has 0 radical (unpaired) electrons. The molecule has 0 N–H and O–H groups in total. The molecule has 0 bridgehead atoms. The van der Waals surface area contributed by atoms with Gasteiger partial charge in [0.2, 0.25) is 5.03 Å². The van der Waals surface area contributed by atoms with Gasteiger partial charge < -0.3 is 0 Å². The summed E-state index contributed by atoms with van der Waals surface area (Å²) in [6.45, 7) is 4.25. The summed E-state index contributed by atoms with van der Waals surface area (Å²) < 4.78 is 39.3. The molecule has 1 aliphatic rings. The van der Waals surface area contributed by atoms with Crippen molar-refractivity contribution in [1.82, 2.24) is 9.29 Å². The summed E-state index contributed by atoms with van der Waals surface area (Å²) in [5, 5.41) is -0.471. The highest BCUT2D eigenvalue weighted by Gasteiger charge is 2.38. The van der Waals surface area contributed by atoms with E-state index in [4.69, 9.17) is 0 Å². The molecule has 1 saturated heterocycles. The molecule has 2 unspecified atom stereocenters. The fourth-order valence-electron chi connectivity index (χ4n) is 2.27. The Morgan fingerprint density at radius 2 is 2.18 bits per heavy atom. The first-order chi connectivity index (χ1) is 7.93. The summed E-state index contributed by atoms with van der Waals surface area (Å²) in [5.41, 5.74) is 0. The molecule has 0 spiro atoms. The van der Waals surface area contributed by atoms with Gasteiger partial charge in [-0.25, -0.2) is 17.8 Å². The van der Waals surface area contributed by atoms with E-state index in [1.807, 2.05) is 13.8 Å². The molecule has 1 aliphatic heterocycles. The van der Waals surface area contributed by atoms with Gasteiger partial charge in [-0.1, -0.05) is 6.92 Å². The van der Waals surface area contributed by atoms with E-state index in [9.17, 15) is 12.8 Å². The second kappa shape index (κ2) is 4.34. The minimum Gasteiger partial charge on any atom is -0.241 e. The van der Waals surface area contributed by atoms with Crippen LogP contribution in [0, 0.1) is 11.7 Å². The molecule has 2 rings (SSSR count). The normalized spacial score (nSPS) is 26.3. The Labute approximate surface area is 101 Å². The van der Waals surface area contributed by atoms with E-state index in [1.54, 1.807) is 0 Å². The predicted molar refractivity (Wildman–Crippen MR) is 61.3 cm³/mol. The van der Waals surface area contributed by atoms with Crippen molar-refractivity contribution < 1.29 is 12.8 Å². The molecule has 1 fully saturated rings. The third-order valence-electron chi connectivity index (χ3n) is 3.00. The average molecular weight is 258 g/mol. The maximum Gasteiger partial charge on any atom is 0.263 e. The van der Waals surface area contributed by atoms with Crippen LogP contribution in [0.25, 0.3) is 0 Å². The summed E-state index contributed by atoms with van der Waals surface area (Å²) in [6.07, 6.45) is 2.09. The first-order valence-corrected chi connectivity index (χ1v) is 6.99. The topological polar surface area (TPSA) is 50.3 Å². The lowest BCUT2D eigenvalue weighted by molar-refractivity contribution is 0.399. The summed E-state index contributed by atoms with van der Waals surface area (Å²) in [7, 11) is -3.80. The lowest BCUT2D eigenvalue weighted by atomic mass is 10.1. The number of sulfonamides is 1. The molecule has 4 nitrogen and oxygen atoms in total. The smallest absolute Gasteiger partial charge is 0.241 e. The van der Waals surface area contributed by atoms with Gasteiger partial charge in [-0.05, 0) is 31.4 Å². The Hall–Kier alpha value is -1.01. The van der Waals surface area contributed by atoms with Crippen molar-refractivity contribution in [3.63, 3.8) is 0 Å². The number of rotatable bonds is 2. The van der Waals surface area contributed by atoms with E-state index in [0.717, 1.165) is 12.5 Å². The van der Waals surface area contributed by atoms with Crippen LogP contribution in [0.4, 0.5) is 4.39 Å². The number of pyridine rings is 1. The molecule has 0 aliphatic carbocycles. The van der Waals surface area contributed by atoms with Gasteiger partial charge in [-0.15, -0.1) is 0 Å². The van der Waals surface area contributed by atoms with Crippen LogP contribution >= 0.6 is 0 Å². The number of aromatic nitrogens is 1. The Morgan fingerprint density at radius 3 is 2.71 bits per heavy atom. The van der Waals surface area contributed by atoms with Crippen LogP contribution in [0.15, 0.2) is 23.4 Å². The molecule has 94 valence electrons. The molecular formula is C11H15FN2O2S. The minimum absolute atomic E-state index is 0.101. The van der Waals surface area contributed by atoms with Gasteiger partial charge in [0.05, 0.1) is 0 Å². The van der Waals surface area contributed by atoms with Crippen molar-refractivity contribution in [3.8, 4) is 0 Å². The zero-order valence-corrected chi connectivity index (χ0v) is 10.6. The Balaban J connectivity index is 2.41. The van der Waals surface area contributed by atoms with Gasteiger partial charge >= 0.3 is 0 Å². The molecule has 0 saturated carbocycles. The Morgan fingerprint density at radius 1 is 1.47 bits per heavy atom. The van der Waals surface area contributed by atoms with Crippen molar-refractivity contribution in [1.29, 1.82) is 0 Å². The van der Waals surface area contributed by atoms with Gasteiger partial charge in [0, 0.05) is 18.8 Å². The average Bonchev–Trinajstić information content (AvgIpc) is 2.59. The molecule has 2 atom stereocenters. The third-order valence-corrected chi connectivity index (χ3v) is 4.92. The number of hydrogen-bond donors (Lipinski definition) is 0. The van der Waals surface area contributed by atoms with Gasteiger partial charge in [0.25, 0.3) is 10.0 Å². The highest BCUT2D eigenvalue weighted by Crippen LogP contribution is 2.28. The Kier molecular flexibility index (Phi) is 3.18. The van der Waals surface area contributed by atoms with E-state index < -0.39 is 20.9 Å². The second-order valence-corrected chi connectivity index (χ2v) is 6.36. The van der Waals surface area contributed by atoms with Crippen LogP contribution in [0.3, 0.4) is 0 Å². The maximum atomic E-state index is 13.5. The van der Waals surface area contributed by atoms with Crippen LogP contribution in [0.5, 0.6) is 0 Å². The van der Waals surface area contributed by atoms with Crippen LogP contribution in [0.2, 0.25) is 0 Å². The van der Waals surface area contributed by atoms with Crippen LogP contribution in [0.1, 0.15) is 20.3 Å². The zero-order chi connectivity index (χ0) is 12.6. The first-order valence-electron chi connectivity index (χ1n) is 5.55. The number of nitrogens with zero attached hydrogens (tertiary/aromatic N) is 2. The van der Waals surface area contributed by atoms with Crippen LogP contribution < -0.4 is 0 Å². The van der Waals surface area contributed by atoms with E-state index in [2.05, 4.69) is 4.98 Å². The third kappa shape index (κ3) is 2.19. The van der Waals surface area contributed by atoms with Gasteiger partial charge in [-0.3, -0.25) is 0 Å². The highest BCUT2D eigenvalue weighted by atomic mass is 32.2. The quantitative estimate of drug-likeness (QED) is 0.810. The lowest BCUT2D eigenvalue weighted by Crippen LogP contribution is -2.35. The van der Waals surface area contributed by atoms with Gasteiger partial charge in [0.1, 0.15) is 0 Å². The second-order valence-electron chi connectivity index (χ2n) is 4.55. The standard InChI is InChI=1S/C11H15FN2O2S/c1-8-6-9(2)14(7-8)17(15,16)11-10(12)4-3-5-13-11/h3-5,8-9H,6-7H2,1-2H3. The summed E-state index contributed by atoms with van der Waals surface area (Å²) >= 11 is 0. The fourth-order valence-corrected chi connectivity index (χ4v) is 4.01. The summed E-state index contributed by atoms with van der Waals surface area (Å²) in [4.78, 5) is 3.65. The fraction of sp³-hybridized carbons (Fsp3) is 0.545. The molecule has 0 aromatic carbocycles. The molecule has 1 aromatic rings. The van der Waals surface area contributed by atoms with Crippen molar-refractivity contribution in [2.45, 2.75) is 31.3 Å². The first kappa shape index (κ1) is 12.4. The summed E-state index contributed by atoms with van der Waals surface area (Å²) in [5.74, 6) is -0.495. The number of halogens is 1. The molecule has 0 amide bonds. The molecular weight excluding hydrogens is 243 g/mol. The SMILES string of the molecule is CC1CC(C)N(S(=O)(=O)c2ncccc2F)C1. The van der Waals surface area contributed by atoms with Crippen LogP contribution in [-0.2, 0) is 10.0 Å².